The lowest BCUT2D eigenvalue weighted by molar-refractivity contribution is -0.142. The van der Waals surface area contributed by atoms with Gasteiger partial charge in [-0.2, -0.15) is 0 Å². The maximum Gasteiger partial charge on any atom is 0.326 e. The number of halogens is 2. The van der Waals surface area contributed by atoms with Gasteiger partial charge in [0.25, 0.3) is 0 Å². The highest BCUT2D eigenvalue weighted by molar-refractivity contribution is 6.34. The molecule has 21 heavy (non-hydrogen) atoms. The Balaban J connectivity index is 2.75. The molecule has 1 atom stereocenters. The van der Waals surface area contributed by atoms with E-state index in [1.165, 1.54) is 6.08 Å². The topological polar surface area (TPSA) is 109 Å². The number of carboxylic acids is 1. The number of benzene rings is 1. The highest BCUT2D eigenvalue weighted by atomic mass is 35.5. The van der Waals surface area contributed by atoms with Crippen LogP contribution in [-0.4, -0.2) is 28.9 Å². The van der Waals surface area contributed by atoms with Crippen molar-refractivity contribution < 1.29 is 19.5 Å². The minimum Gasteiger partial charge on any atom is -0.480 e. The summed E-state index contributed by atoms with van der Waals surface area (Å²) in [5.74, 6) is -2.87. The van der Waals surface area contributed by atoms with Crippen LogP contribution in [0.4, 0.5) is 0 Å². The van der Waals surface area contributed by atoms with Gasteiger partial charge in [0.2, 0.25) is 11.8 Å². The van der Waals surface area contributed by atoms with E-state index in [-0.39, 0.29) is 0 Å². The maximum absolute atomic E-state index is 11.6. The molecule has 0 fully saturated rings. The van der Waals surface area contributed by atoms with E-state index in [2.05, 4.69) is 5.32 Å². The van der Waals surface area contributed by atoms with Gasteiger partial charge in [-0.25, -0.2) is 4.79 Å². The molecular formula is C13H12Cl2N2O4. The van der Waals surface area contributed by atoms with Gasteiger partial charge in [0.1, 0.15) is 6.04 Å². The Morgan fingerprint density at radius 3 is 2.57 bits per heavy atom. The summed E-state index contributed by atoms with van der Waals surface area (Å²) in [7, 11) is 0. The van der Waals surface area contributed by atoms with Crippen molar-refractivity contribution in [2.75, 3.05) is 0 Å². The van der Waals surface area contributed by atoms with Gasteiger partial charge in [0, 0.05) is 16.1 Å². The summed E-state index contributed by atoms with van der Waals surface area (Å²) < 4.78 is 0. The summed E-state index contributed by atoms with van der Waals surface area (Å²) in [6.07, 6.45) is 1.98. The van der Waals surface area contributed by atoms with Gasteiger partial charge in [-0.3, -0.25) is 9.59 Å². The van der Waals surface area contributed by atoms with E-state index in [0.29, 0.717) is 15.6 Å². The molecule has 0 bridgehead atoms. The van der Waals surface area contributed by atoms with Gasteiger partial charge in [-0.1, -0.05) is 23.2 Å². The summed E-state index contributed by atoms with van der Waals surface area (Å²) >= 11 is 11.7. The van der Waals surface area contributed by atoms with E-state index < -0.39 is 30.2 Å². The third-order valence-electron chi connectivity index (χ3n) is 2.39. The van der Waals surface area contributed by atoms with Crippen LogP contribution in [0, 0.1) is 0 Å². The summed E-state index contributed by atoms with van der Waals surface area (Å²) in [5, 5.41) is 11.8. The molecule has 0 spiro atoms. The number of aliphatic carboxylic acids is 1. The zero-order valence-electron chi connectivity index (χ0n) is 10.7. The van der Waals surface area contributed by atoms with Crippen molar-refractivity contribution in [2.24, 2.45) is 5.73 Å². The van der Waals surface area contributed by atoms with Crippen molar-refractivity contribution in [3.63, 3.8) is 0 Å². The normalized spacial score (nSPS) is 12.1. The maximum atomic E-state index is 11.6. The second-order valence-electron chi connectivity index (χ2n) is 4.07. The largest absolute Gasteiger partial charge is 0.480 e. The quantitative estimate of drug-likeness (QED) is 0.685. The number of carboxylic acid groups (broad SMARTS) is 1. The number of amides is 2. The average Bonchev–Trinajstić information content (AvgIpc) is 2.38. The molecule has 112 valence electrons. The Hall–Kier alpha value is -2.05. The first-order valence-electron chi connectivity index (χ1n) is 5.74. The first kappa shape index (κ1) is 17.0. The SMILES string of the molecule is NC(=O)C[C@H](NC(=O)C=Cc1cc(Cl)ccc1Cl)C(=O)O. The van der Waals surface area contributed by atoms with Crippen molar-refractivity contribution >= 4 is 47.1 Å². The highest BCUT2D eigenvalue weighted by Gasteiger charge is 2.21. The van der Waals surface area contributed by atoms with Crippen LogP contribution in [-0.2, 0) is 14.4 Å². The van der Waals surface area contributed by atoms with Crippen LogP contribution in [0.3, 0.4) is 0 Å². The molecule has 0 aliphatic rings. The molecular weight excluding hydrogens is 319 g/mol. The number of rotatable bonds is 6. The Kier molecular flexibility index (Phi) is 6.20. The number of carbonyl (C=O) groups is 3. The first-order chi connectivity index (χ1) is 9.79. The molecule has 0 aromatic heterocycles. The van der Waals surface area contributed by atoms with Crippen molar-refractivity contribution in [1.29, 1.82) is 0 Å². The smallest absolute Gasteiger partial charge is 0.326 e. The van der Waals surface area contributed by atoms with Crippen molar-refractivity contribution in [3.8, 4) is 0 Å². The van der Waals surface area contributed by atoms with E-state index >= 15 is 0 Å². The lowest BCUT2D eigenvalue weighted by Crippen LogP contribution is -2.42. The molecule has 1 aromatic carbocycles. The number of carbonyl (C=O) groups excluding carboxylic acids is 2. The molecule has 0 saturated heterocycles. The highest BCUT2D eigenvalue weighted by Crippen LogP contribution is 2.21. The number of nitrogens with one attached hydrogen (secondary N) is 1. The second-order valence-corrected chi connectivity index (χ2v) is 4.91. The van der Waals surface area contributed by atoms with E-state index in [1.54, 1.807) is 18.2 Å². The second kappa shape index (κ2) is 7.66. The van der Waals surface area contributed by atoms with Crippen molar-refractivity contribution in [1.82, 2.24) is 5.32 Å². The van der Waals surface area contributed by atoms with Crippen LogP contribution in [0.2, 0.25) is 10.0 Å². The molecule has 6 nitrogen and oxygen atoms in total. The van der Waals surface area contributed by atoms with Crippen LogP contribution >= 0.6 is 23.2 Å². The molecule has 0 aliphatic carbocycles. The van der Waals surface area contributed by atoms with Gasteiger partial charge in [0.05, 0.1) is 6.42 Å². The number of primary amides is 1. The predicted octanol–water partition coefficient (Wildman–Crippen LogP) is 1.45. The molecule has 2 amide bonds. The fourth-order valence-corrected chi connectivity index (χ4v) is 1.79. The molecule has 4 N–H and O–H groups in total. The van der Waals surface area contributed by atoms with Crippen LogP contribution in [0.25, 0.3) is 6.08 Å². The molecule has 0 aliphatic heterocycles. The fraction of sp³-hybridized carbons (Fsp3) is 0.154. The summed E-state index contributed by atoms with van der Waals surface area (Å²) in [5.41, 5.74) is 5.41. The average molecular weight is 331 g/mol. The Bertz CT molecular complexity index is 602. The standard InChI is InChI=1S/C13H12Cl2N2O4/c14-8-2-3-9(15)7(5-8)1-4-12(19)17-10(13(20)21)6-11(16)18/h1-5,10H,6H2,(H2,16,18)(H,17,19)(H,20,21)/t10-/m0/s1. The molecule has 0 unspecified atom stereocenters. The van der Waals surface area contributed by atoms with Crippen LogP contribution in [0.1, 0.15) is 12.0 Å². The monoisotopic (exact) mass is 330 g/mol. The zero-order chi connectivity index (χ0) is 16.0. The van der Waals surface area contributed by atoms with Gasteiger partial charge in [-0.15, -0.1) is 0 Å². The molecule has 0 heterocycles. The van der Waals surface area contributed by atoms with E-state index in [4.69, 9.17) is 34.0 Å². The van der Waals surface area contributed by atoms with Gasteiger partial charge < -0.3 is 16.2 Å². The number of hydrogen-bond acceptors (Lipinski definition) is 3. The first-order valence-corrected chi connectivity index (χ1v) is 6.50. The third kappa shape index (κ3) is 5.85. The van der Waals surface area contributed by atoms with Crippen molar-refractivity contribution in [3.05, 3.63) is 39.9 Å². The predicted molar refractivity (Wildman–Crippen MR) is 78.9 cm³/mol. The minimum atomic E-state index is -1.38. The zero-order valence-corrected chi connectivity index (χ0v) is 12.2. The summed E-state index contributed by atoms with van der Waals surface area (Å²) in [6.45, 7) is 0. The summed E-state index contributed by atoms with van der Waals surface area (Å²) in [6, 6.07) is 3.32. The molecule has 8 heteroatoms. The molecule has 1 aromatic rings. The lowest BCUT2D eigenvalue weighted by Gasteiger charge is -2.10. The van der Waals surface area contributed by atoms with Crippen LogP contribution < -0.4 is 11.1 Å². The van der Waals surface area contributed by atoms with E-state index in [0.717, 1.165) is 6.08 Å². The summed E-state index contributed by atoms with van der Waals surface area (Å²) in [4.78, 5) is 33.2. The Morgan fingerprint density at radius 1 is 1.33 bits per heavy atom. The number of nitrogens with two attached hydrogens (primary N) is 1. The molecule has 0 radical (unpaired) electrons. The lowest BCUT2D eigenvalue weighted by atomic mass is 10.2. The minimum absolute atomic E-state index is 0.385. The van der Waals surface area contributed by atoms with Gasteiger partial charge >= 0.3 is 5.97 Å². The van der Waals surface area contributed by atoms with Gasteiger partial charge in [-0.05, 0) is 29.8 Å². The Labute approximate surface area is 130 Å². The Morgan fingerprint density at radius 2 is 2.00 bits per heavy atom. The number of hydrogen-bond donors (Lipinski definition) is 3. The molecule has 1 rings (SSSR count). The van der Waals surface area contributed by atoms with Crippen molar-refractivity contribution in [2.45, 2.75) is 12.5 Å². The third-order valence-corrected chi connectivity index (χ3v) is 2.97. The van der Waals surface area contributed by atoms with Crippen LogP contribution in [0.5, 0.6) is 0 Å². The van der Waals surface area contributed by atoms with E-state index in [1.807, 2.05) is 0 Å². The van der Waals surface area contributed by atoms with Gasteiger partial charge in [0.15, 0.2) is 0 Å². The fourth-order valence-electron chi connectivity index (χ4n) is 1.43. The van der Waals surface area contributed by atoms with Crippen LogP contribution in [0.15, 0.2) is 24.3 Å². The molecule has 0 saturated carbocycles. The van der Waals surface area contributed by atoms with E-state index in [9.17, 15) is 14.4 Å².